The fourth-order valence-corrected chi connectivity index (χ4v) is 0.688. The first-order valence-corrected chi connectivity index (χ1v) is 2.78. The van der Waals surface area contributed by atoms with E-state index in [4.69, 9.17) is 0 Å². The van der Waals surface area contributed by atoms with Crippen LogP contribution in [0.25, 0.3) is 0 Å². The second-order valence-electron chi connectivity index (χ2n) is 1.90. The molecule has 0 aliphatic carbocycles. The van der Waals surface area contributed by atoms with Crippen LogP contribution in [0.1, 0.15) is 0 Å². The summed E-state index contributed by atoms with van der Waals surface area (Å²) >= 11 is 0. The van der Waals surface area contributed by atoms with E-state index in [1.165, 1.54) is 7.11 Å². The van der Waals surface area contributed by atoms with E-state index in [-0.39, 0.29) is 5.56 Å². The van der Waals surface area contributed by atoms with E-state index in [2.05, 4.69) is 15.4 Å². The van der Waals surface area contributed by atoms with Crippen LogP contribution < -0.4 is 11.0 Å². The molecule has 0 radical (unpaired) electrons. The van der Waals surface area contributed by atoms with Crippen molar-refractivity contribution in [2.24, 2.45) is 7.05 Å². The van der Waals surface area contributed by atoms with E-state index in [1.54, 1.807) is 17.9 Å². The Kier molecular flexibility index (Phi) is 1.77. The Balaban J connectivity index is 2.92. The van der Waals surface area contributed by atoms with Crippen LogP contribution in [-0.2, 0) is 11.9 Å². The van der Waals surface area contributed by atoms with Crippen molar-refractivity contribution in [1.82, 2.24) is 9.78 Å². The lowest BCUT2D eigenvalue weighted by atomic mass is 10.6. The number of aromatic nitrogens is 2. The molecule has 1 rings (SSSR count). The molecular formula is C5H9N3O2. The molecule has 1 aromatic heterocycles. The predicted molar refractivity (Wildman–Crippen MR) is 36.7 cm³/mol. The number of hydrogen-bond acceptors (Lipinski definition) is 3. The minimum absolute atomic E-state index is 0.190. The lowest BCUT2D eigenvalue weighted by molar-refractivity contribution is 0.270. The number of hydrogen-bond donors (Lipinski definition) is 2. The Labute approximate surface area is 57.5 Å². The van der Waals surface area contributed by atoms with Crippen molar-refractivity contribution in [1.29, 1.82) is 0 Å². The van der Waals surface area contributed by atoms with Crippen LogP contribution >= 0.6 is 0 Å². The Morgan fingerprint density at radius 1 is 1.80 bits per heavy atom. The van der Waals surface area contributed by atoms with Crippen molar-refractivity contribution < 1.29 is 4.84 Å². The second-order valence-corrected chi connectivity index (χ2v) is 1.90. The first kappa shape index (κ1) is 6.88. The van der Waals surface area contributed by atoms with Gasteiger partial charge in [0.05, 0.1) is 13.3 Å². The Bertz CT molecular complexity index is 262. The van der Waals surface area contributed by atoms with E-state index in [0.717, 1.165) is 0 Å². The summed E-state index contributed by atoms with van der Waals surface area (Å²) < 4.78 is 1.55. The fourth-order valence-electron chi connectivity index (χ4n) is 0.688. The normalized spacial score (nSPS) is 9.80. The van der Waals surface area contributed by atoms with Gasteiger partial charge in [-0.3, -0.25) is 24.9 Å². The zero-order chi connectivity index (χ0) is 7.56. The van der Waals surface area contributed by atoms with Gasteiger partial charge in [0, 0.05) is 7.05 Å². The van der Waals surface area contributed by atoms with E-state index in [0.29, 0.717) is 5.69 Å². The van der Waals surface area contributed by atoms with Crippen molar-refractivity contribution in [3.63, 3.8) is 0 Å². The zero-order valence-corrected chi connectivity index (χ0v) is 5.84. The maximum absolute atomic E-state index is 10.8. The van der Waals surface area contributed by atoms with Crippen molar-refractivity contribution in [2.45, 2.75) is 0 Å². The number of rotatable bonds is 2. The van der Waals surface area contributed by atoms with Crippen molar-refractivity contribution in [2.75, 3.05) is 12.6 Å². The molecule has 0 spiro atoms. The van der Waals surface area contributed by atoms with Gasteiger partial charge >= 0.3 is 0 Å². The highest BCUT2D eigenvalue weighted by atomic mass is 16.6. The third-order valence-corrected chi connectivity index (χ3v) is 1.06. The van der Waals surface area contributed by atoms with Gasteiger partial charge in [-0.1, -0.05) is 0 Å². The topological polar surface area (TPSA) is 59.0 Å². The van der Waals surface area contributed by atoms with Crippen molar-refractivity contribution >= 4 is 5.69 Å². The maximum atomic E-state index is 10.8. The number of aromatic amines is 1. The summed E-state index contributed by atoms with van der Waals surface area (Å²) in [6.45, 7) is 0. The average Bonchev–Trinajstić information content (AvgIpc) is 2.13. The smallest absolute Gasteiger partial charge is 0.289 e. The standard InChI is InChI=1S/C5H9N3O2/c1-8-3-4(7-10-2)5(9)6-8/h3,7H,1-2H3,(H,6,9). The van der Waals surface area contributed by atoms with E-state index >= 15 is 0 Å². The van der Waals surface area contributed by atoms with Gasteiger partial charge in [-0.25, -0.2) is 0 Å². The SMILES string of the molecule is CONc1cn(C)[nH]c1=O. The molecule has 0 unspecified atom stereocenters. The third kappa shape index (κ3) is 1.19. The van der Waals surface area contributed by atoms with E-state index in [9.17, 15) is 4.79 Å². The molecule has 5 heteroatoms. The van der Waals surface area contributed by atoms with Gasteiger partial charge in [-0.05, 0) is 0 Å². The molecule has 0 aromatic carbocycles. The van der Waals surface area contributed by atoms with Gasteiger partial charge in [0.2, 0.25) is 0 Å². The summed E-state index contributed by atoms with van der Waals surface area (Å²) in [4.78, 5) is 15.3. The summed E-state index contributed by atoms with van der Waals surface area (Å²) in [5.74, 6) is 0. The molecule has 0 aliphatic heterocycles. The average molecular weight is 143 g/mol. The van der Waals surface area contributed by atoms with Crippen LogP contribution in [0.15, 0.2) is 11.0 Å². The number of nitrogens with one attached hydrogen (secondary N) is 2. The van der Waals surface area contributed by atoms with E-state index in [1.807, 2.05) is 0 Å². The highest BCUT2D eigenvalue weighted by Gasteiger charge is 1.98. The molecule has 0 atom stereocenters. The monoisotopic (exact) mass is 143 g/mol. The molecule has 1 aromatic rings. The molecule has 5 nitrogen and oxygen atoms in total. The minimum atomic E-state index is -0.190. The molecule has 0 aliphatic rings. The van der Waals surface area contributed by atoms with Crippen LogP contribution in [0.2, 0.25) is 0 Å². The molecule has 2 N–H and O–H groups in total. The summed E-state index contributed by atoms with van der Waals surface area (Å²) in [6, 6.07) is 0. The molecule has 10 heavy (non-hydrogen) atoms. The van der Waals surface area contributed by atoms with Crippen LogP contribution in [0.4, 0.5) is 5.69 Å². The minimum Gasteiger partial charge on any atom is -0.293 e. The Hall–Kier alpha value is -1.23. The first-order valence-electron chi connectivity index (χ1n) is 2.78. The molecule has 0 fully saturated rings. The molecule has 0 saturated carbocycles. The summed E-state index contributed by atoms with van der Waals surface area (Å²) in [7, 11) is 3.18. The lowest BCUT2D eigenvalue weighted by Gasteiger charge is -1.93. The number of H-pyrrole nitrogens is 1. The van der Waals surface area contributed by atoms with Gasteiger partial charge in [0.25, 0.3) is 5.56 Å². The molecule has 0 saturated heterocycles. The number of anilines is 1. The van der Waals surface area contributed by atoms with Crippen LogP contribution in [-0.4, -0.2) is 16.9 Å². The largest absolute Gasteiger partial charge is 0.293 e. The number of nitrogens with zero attached hydrogens (tertiary/aromatic N) is 1. The van der Waals surface area contributed by atoms with E-state index < -0.39 is 0 Å². The quantitative estimate of drug-likeness (QED) is 0.558. The van der Waals surface area contributed by atoms with Gasteiger partial charge in [0.15, 0.2) is 0 Å². The lowest BCUT2D eigenvalue weighted by Crippen LogP contribution is -2.08. The van der Waals surface area contributed by atoms with Gasteiger partial charge in [-0.15, -0.1) is 0 Å². The van der Waals surface area contributed by atoms with Crippen molar-refractivity contribution in [3.05, 3.63) is 16.6 Å². The van der Waals surface area contributed by atoms with Crippen molar-refractivity contribution in [3.8, 4) is 0 Å². The zero-order valence-electron chi connectivity index (χ0n) is 5.84. The fraction of sp³-hybridized carbons (Fsp3) is 0.400. The van der Waals surface area contributed by atoms with Crippen LogP contribution in [0.3, 0.4) is 0 Å². The first-order chi connectivity index (χ1) is 4.74. The molecule has 1 heterocycles. The molecule has 56 valence electrons. The second kappa shape index (κ2) is 2.57. The highest BCUT2D eigenvalue weighted by molar-refractivity contribution is 5.35. The summed E-state index contributed by atoms with van der Waals surface area (Å²) in [6.07, 6.45) is 1.60. The Morgan fingerprint density at radius 3 is 2.90 bits per heavy atom. The van der Waals surface area contributed by atoms with Gasteiger partial charge in [0.1, 0.15) is 5.69 Å². The predicted octanol–water partition coefficient (Wildman–Crippen LogP) is -0.313. The molecule has 0 amide bonds. The third-order valence-electron chi connectivity index (χ3n) is 1.06. The Morgan fingerprint density at radius 2 is 2.50 bits per heavy atom. The summed E-state index contributed by atoms with van der Waals surface area (Å²) in [5, 5.41) is 2.51. The van der Waals surface area contributed by atoms with Gasteiger partial charge < -0.3 is 0 Å². The maximum Gasteiger partial charge on any atom is 0.289 e. The molecule has 0 bridgehead atoms. The number of aryl methyl sites for hydroxylation is 1. The summed E-state index contributed by atoms with van der Waals surface area (Å²) in [5.41, 5.74) is 2.65. The van der Waals surface area contributed by atoms with Crippen LogP contribution in [0.5, 0.6) is 0 Å². The molecular weight excluding hydrogens is 134 g/mol. The highest BCUT2D eigenvalue weighted by Crippen LogP contribution is 1.93. The van der Waals surface area contributed by atoms with Gasteiger partial charge in [-0.2, -0.15) is 0 Å². The van der Waals surface area contributed by atoms with Crippen LogP contribution in [0, 0.1) is 0 Å².